The first-order valence-electron chi connectivity index (χ1n) is 4.25. The van der Waals surface area contributed by atoms with E-state index < -0.39 is 0 Å². The van der Waals surface area contributed by atoms with E-state index in [0.717, 1.165) is 0 Å². The van der Waals surface area contributed by atoms with Crippen molar-refractivity contribution in [3.05, 3.63) is 12.2 Å². The molecule has 0 saturated carbocycles. The molecule has 0 aromatic rings. The van der Waals surface area contributed by atoms with Crippen LogP contribution in [-0.2, 0) is 24.3 Å². The Morgan fingerprint density at radius 1 is 0.923 bits per heavy atom. The predicted molar refractivity (Wildman–Crippen MR) is 45.1 cm³/mol. The van der Waals surface area contributed by atoms with Gasteiger partial charge in [-0.25, -0.2) is 0 Å². The van der Waals surface area contributed by atoms with Gasteiger partial charge in [-0.15, -0.1) is 0 Å². The van der Waals surface area contributed by atoms with Crippen molar-refractivity contribution in [3.8, 4) is 0 Å². The fourth-order valence-corrected chi connectivity index (χ4v) is 0.439. The maximum Gasteiger partial charge on any atom is 0.386 e. The molecule has 0 unspecified atom stereocenters. The van der Waals surface area contributed by atoms with Crippen LogP contribution in [0, 0.1) is 0 Å². The zero-order valence-corrected chi connectivity index (χ0v) is 8.24. The second-order valence-corrected chi connectivity index (χ2v) is 1.87. The van der Waals surface area contributed by atoms with Gasteiger partial charge in [0.1, 0.15) is 0 Å². The number of rotatable bonds is 8. The van der Waals surface area contributed by atoms with Gasteiger partial charge in [-0.3, -0.25) is 9.78 Å². The Labute approximate surface area is 78.0 Å². The van der Waals surface area contributed by atoms with Gasteiger partial charge >= 0.3 is 5.95 Å². The van der Waals surface area contributed by atoms with Crippen LogP contribution in [0.1, 0.15) is 20.8 Å². The van der Waals surface area contributed by atoms with E-state index in [1.54, 1.807) is 13.8 Å². The number of ether oxygens (including phenoxy) is 1. The van der Waals surface area contributed by atoms with Crippen molar-refractivity contribution >= 4 is 0 Å². The molecule has 0 rings (SSSR count). The Morgan fingerprint density at radius 3 is 1.85 bits per heavy atom. The molecule has 0 aliphatic heterocycles. The first-order chi connectivity index (χ1) is 6.35. The van der Waals surface area contributed by atoms with E-state index in [4.69, 9.17) is 4.74 Å². The van der Waals surface area contributed by atoms with Crippen LogP contribution in [0.3, 0.4) is 0 Å². The first kappa shape index (κ1) is 12.1. The third kappa shape index (κ3) is 7.42. The van der Waals surface area contributed by atoms with Crippen LogP contribution < -0.4 is 0 Å². The highest BCUT2D eigenvalue weighted by Crippen LogP contribution is 2.01. The standard InChI is InChI=1S/C8H16O5/c1-4-9-7-8(12-10-5-2)13-11-6-3/h7H,4-6H2,1-3H3. The molecule has 0 heterocycles. The molecular weight excluding hydrogens is 176 g/mol. The van der Waals surface area contributed by atoms with E-state index in [-0.39, 0.29) is 5.95 Å². The first-order valence-corrected chi connectivity index (χ1v) is 4.25. The Balaban J connectivity index is 3.72. The van der Waals surface area contributed by atoms with Crippen LogP contribution in [0.4, 0.5) is 0 Å². The minimum atomic E-state index is 0.0468. The van der Waals surface area contributed by atoms with Crippen molar-refractivity contribution in [1.29, 1.82) is 0 Å². The summed E-state index contributed by atoms with van der Waals surface area (Å²) in [6, 6.07) is 0. The summed E-state index contributed by atoms with van der Waals surface area (Å²) >= 11 is 0. The van der Waals surface area contributed by atoms with Gasteiger partial charge in [0.2, 0.25) is 0 Å². The molecule has 0 aliphatic carbocycles. The summed E-state index contributed by atoms with van der Waals surface area (Å²) in [5, 5.41) is 0. The third-order valence-corrected chi connectivity index (χ3v) is 0.864. The van der Waals surface area contributed by atoms with Crippen LogP contribution in [0.5, 0.6) is 0 Å². The molecule has 0 aromatic carbocycles. The van der Waals surface area contributed by atoms with Crippen molar-refractivity contribution in [1.82, 2.24) is 0 Å². The fraction of sp³-hybridized carbons (Fsp3) is 0.750. The average molecular weight is 192 g/mol. The van der Waals surface area contributed by atoms with Crippen LogP contribution in [0.15, 0.2) is 12.2 Å². The molecular formula is C8H16O5. The van der Waals surface area contributed by atoms with Crippen LogP contribution in [-0.4, -0.2) is 19.8 Å². The molecule has 0 N–H and O–H groups in total. The molecule has 0 bridgehead atoms. The molecule has 5 heteroatoms. The van der Waals surface area contributed by atoms with Crippen LogP contribution in [0.25, 0.3) is 0 Å². The number of hydrogen-bond donors (Lipinski definition) is 0. The lowest BCUT2D eigenvalue weighted by Gasteiger charge is -2.06. The molecule has 0 fully saturated rings. The van der Waals surface area contributed by atoms with E-state index in [1.165, 1.54) is 6.26 Å². The molecule has 0 saturated heterocycles. The van der Waals surface area contributed by atoms with Gasteiger partial charge in [-0.1, -0.05) is 0 Å². The second-order valence-electron chi connectivity index (χ2n) is 1.87. The Kier molecular flexibility index (Phi) is 8.49. The van der Waals surface area contributed by atoms with Crippen molar-refractivity contribution < 1.29 is 24.3 Å². The fourth-order valence-electron chi connectivity index (χ4n) is 0.439. The molecule has 0 aromatic heterocycles. The third-order valence-electron chi connectivity index (χ3n) is 0.864. The summed E-state index contributed by atoms with van der Waals surface area (Å²) in [7, 11) is 0. The summed E-state index contributed by atoms with van der Waals surface area (Å²) in [4.78, 5) is 18.6. The largest absolute Gasteiger partial charge is 0.494 e. The quantitative estimate of drug-likeness (QED) is 0.333. The summed E-state index contributed by atoms with van der Waals surface area (Å²) in [5.74, 6) is 0.0468. The maximum absolute atomic E-state index is 4.92. The summed E-state index contributed by atoms with van der Waals surface area (Å²) in [5.41, 5.74) is 0. The lowest BCUT2D eigenvalue weighted by atomic mass is 10.8. The normalized spacial score (nSPS) is 9.15. The summed E-state index contributed by atoms with van der Waals surface area (Å²) in [6.07, 6.45) is 1.28. The van der Waals surface area contributed by atoms with Gasteiger partial charge in [-0.2, -0.15) is 9.78 Å². The van der Waals surface area contributed by atoms with Gasteiger partial charge in [0.15, 0.2) is 6.26 Å². The smallest absolute Gasteiger partial charge is 0.386 e. The van der Waals surface area contributed by atoms with Gasteiger partial charge in [0.05, 0.1) is 19.8 Å². The van der Waals surface area contributed by atoms with E-state index in [0.29, 0.717) is 19.8 Å². The van der Waals surface area contributed by atoms with Crippen molar-refractivity contribution in [3.63, 3.8) is 0 Å². The predicted octanol–water partition coefficient (Wildman–Crippen LogP) is 1.76. The van der Waals surface area contributed by atoms with Crippen molar-refractivity contribution in [2.45, 2.75) is 20.8 Å². The maximum atomic E-state index is 4.92. The lowest BCUT2D eigenvalue weighted by Crippen LogP contribution is -2.01. The molecule has 13 heavy (non-hydrogen) atoms. The minimum Gasteiger partial charge on any atom is -0.494 e. The van der Waals surface area contributed by atoms with Gasteiger partial charge in [-0.05, 0) is 20.8 Å². The topological polar surface area (TPSA) is 46.2 Å². The van der Waals surface area contributed by atoms with E-state index in [2.05, 4.69) is 19.6 Å². The zero-order valence-electron chi connectivity index (χ0n) is 8.24. The van der Waals surface area contributed by atoms with Gasteiger partial charge in [0.25, 0.3) is 0 Å². The van der Waals surface area contributed by atoms with E-state index in [9.17, 15) is 0 Å². The molecule has 78 valence electrons. The van der Waals surface area contributed by atoms with Crippen molar-refractivity contribution in [2.75, 3.05) is 19.8 Å². The number of hydrogen-bond acceptors (Lipinski definition) is 5. The Hall–Kier alpha value is -0.940. The minimum absolute atomic E-state index is 0.0468. The van der Waals surface area contributed by atoms with Crippen molar-refractivity contribution in [2.24, 2.45) is 0 Å². The van der Waals surface area contributed by atoms with E-state index in [1.807, 2.05) is 6.92 Å². The van der Waals surface area contributed by atoms with Crippen LogP contribution in [0.2, 0.25) is 0 Å². The molecule has 0 atom stereocenters. The summed E-state index contributed by atoms with van der Waals surface area (Å²) < 4.78 is 4.92. The highest BCUT2D eigenvalue weighted by molar-refractivity contribution is 4.71. The zero-order chi connectivity index (χ0) is 9.94. The highest BCUT2D eigenvalue weighted by Gasteiger charge is 2.01. The van der Waals surface area contributed by atoms with Crippen LogP contribution >= 0.6 is 0 Å². The van der Waals surface area contributed by atoms with Gasteiger partial charge in [0, 0.05) is 0 Å². The molecule has 0 aliphatic rings. The SMILES string of the molecule is CCOC=C(OOCC)OOCC. The molecule has 5 nitrogen and oxygen atoms in total. The monoisotopic (exact) mass is 192 g/mol. The molecule has 0 spiro atoms. The molecule has 0 amide bonds. The summed E-state index contributed by atoms with van der Waals surface area (Å²) in [6.45, 7) is 6.78. The van der Waals surface area contributed by atoms with E-state index >= 15 is 0 Å². The lowest BCUT2D eigenvalue weighted by molar-refractivity contribution is -0.368. The average Bonchev–Trinajstić information content (AvgIpc) is 2.17. The highest BCUT2D eigenvalue weighted by atomic mass is 17.3. The Bertz CT molecular complexity index is 124. The molecule has 0 radical (unpaired) electrons. The van der Waals surface area contributed by atoms with Gasteiger partial charge < -0.3 is 4.74 Å². The second kappa shape index (κ2) is 9.15. The Morgan fingerprint density at radius 2 is 1.46 bits per heavy atom.